The number of nitrogens with one attached hydrogen (secondary N) is 2. The molecular weight excluding hydrogens is 450 g/mol. The van der Waals surface area contributed by atoms with Crippen molar-refractivity contribution in [1.82, 2.24) is 20.2 Å². The smallest absolute Gasteiger partial charge is 0.232 e. The number of benzene rings is 1. The van der Waals surface area contributed by atoms with Crippen LogP contribution in [-0.2, 0) is 4.79 Å². The summed E-state index contributed by atoms with van der Waals surface area (Å²) in [5.41, 5.74) is 2.08. The lowest BCUT2D eigenvalue weighted by molar-refractivity contribution is -0.136. The molecule has 1 aromatic heterocycles. The number of likely N-dealkylation sites (N-methyl/N-ethyl adjacent to an activating group) is 1. The first kappa shape index (κ1) is 23.2. The maximum absolute atomic E-state index is 14.0. The zero-order valence-corrected chi connectivity index (χ0v) is 20.9. The summed E-state index contributed by atoms with van der Waals surface area (Å²) in [6, 6.07) is 8.41. The predicted molar refractivity (Wildman–Crippen MR) is 137 cm³/mol. The average Bonchev–Trinajstić information content (AvgIpc) is 3.09. The lowest BCUT2D eigenvalue weighted by Crippen LogP contribution is -2.58. The molecule has 0 aliphatic carbocycles. The Balaban J connectivity index is 1.38. The first-order valence-electron chi connectivity index (χ1n) is 12.3. The van der Waals surface area contributed by atoms with Crippen LogP contribution >= 0.6 is 11.6 Å². The Labute approximate surface area is 206 Å². The van der Waals surface area contributed by atoms with Gasteiger partial charge in [0.25, 0.3) is 0 Å². The Morgan fingerprint density at radius 2 is 1.88 bits per heavy atom. The summed E-state index contributed by atoms with van der Waals surface area (Å²) >= 11 is 6.13. The van der Waals surface area contributed by atoms with Gasteiger partial charge in [-0.15, -0.1) is 0 Å². The highest BCUT2D eigenvalue weighted by atomic mass is 35.5. The van der Waals surface area contributed by atoms with Gasteiger partial charge in [0.1, 0.15) is 12.0 Å². The van der Waals surface area contributed by atoms with Crippen LogP contribution in [0.3, 0.4) is 0 Å². The highest BCUT2D eigenvalue weighted by Crippen LogP contribution is 2.40. The summed E-state index contributed by atoms with van der Waals surface area (Å²) in [7, 11) is 2.10. The van der Waals surface area contributed by atoms with E-state index in [4.69, 9.17) is 11.6 Å². The summed E-state index contributed by atoms with van der Waals surface area (Å²) in [5.74, 6) is 1.86. The summed E-state index contributed by atoms with van der Waals surface area (Å²) in [4.78, 5) is 29.9. The van der Waals surface area contributed by atoms with E-state index in [0.717, 1.165) is 61.9 Å². The van der Waals surface area contributed by atoms with E-state index in [9.17, 15) is 4.79 Å². The molecule has 3 aliphatic rings. The molecule has 0 spiro atoms. The summed E-state index contributed by atoms with van der Waals surface area (Å²) in [6.45, 7) is 8.23. The number of nitrogens with zero attached hydrogens (tertiary/aromatic N) is 5. The van der Waals surface area contributed by atoms with Crippen molar-refractivity contribution in [3.8, 4) is 0 Å². The van der Waals surface area contributed by atoms with Gasteiger partial charge in [0.15, 0.2) is 11.6 Å². The summed E-state index contributed by atoms with van der Waals surface area (Å²) in [5, 5.41) is 7.57. The molecule has 1 amide bonds. The molecule has 0 radical (unpaired) electrons. The zero-order chi connectivity index (χ0) is 23.8. The van der Waals surface area contributed by atoms with Gasteiger partial charge in [-0.05, 0) is 30.5 Å². The molecule has 9 heteroatoms. The molecule has 2 aromatic rings. The van der Waals surface area contributed by atoms with Gasteiger partial charge in [-0.3, -0.25) is 4.79 Å². The van der Waals surface area contributed by atoms with Crippen LogP contribution in [0.25, 0.3) is 0 Å². The van der Waals surface area contributed by atoms with Gasteiger partial charge >= 0.3 is 0 Å². The quantitative estimate of drug-likeness (QED) is 0.654. The SMILES string of the molecule is CC(C)NC[C@@H](C(=O)N1C2CCC1CN(c1ncnc3c1N(C)CCN3)C2)c1ccc(Cl)cc1. The maximum Gasteiger partial charge on any atom is 0.232 e. The number of fused-ring (bicyclic) bond motifs is 3. The summed E-state index contributed by atoms with van der Waals surface area (Å²) < 4.78 is 0. The van der Waals surface area contributed by atoms with E-state index >= 15 is 0 Å². The van der Waals surface area contributed by atoms with Crippen LogP contribution in [0, 0.1) is 0 Å². The third kappa shape index (κ3) is 4.41. The number of halogens is 1. The van der Waals surface area contributed by atoms with E-state index in [1.165, 1.54) is 0 Å². The molecule has 2 bridgehead atoms. The van der Waals surface area contributed by atoms with Crippen molar-refractivity contribution in [2.75, 3.05) is 54.9 Å². The molecule has 0 saturated carbocycles. The van der Waals surface area contributed by atoms with Crippen molar-refractivity contribution in [3.05, 3.63) is 41.2 Å². The molecule has 8 nitrogen and oxygen atoms in total. The second-order valence-corrected chi connectivity index (χ2v) is 10.4. The molecule has 3 aliphatic heterocycles. The molecule has 182 valence electrons. The molecule has 2 unspecified atom stereocenters. The van der Waals surface area contributed by atoms with Crippen molar-refractivity contribution < 1.29 is 4.79 Å². The number of piperazine rings is 1. The highest BCUT2D eigenvalue weighted by molar-refractivity contribution is 6.30. The van der Waals surface area contributed by atoms with Crippen molar-refractivity contribution in [2.45, 2.75) is 50.7 Å². The van der Waals surface area contributed by atoms with Gasteiger partial charge in [-0.25, -0.2) is 9.97 Å². The van der Waals surface area contributed by atoms with Crippen molar-refractivity contribution in [2.24, 2.45) is 0 Å². The van der Waals surface area contributed by atoms with Crippen LogP contribution in [-0.4, -0.2) is 78.7 Å². The van der Waals surface area contributed by atoms with Crippen LogP contribution in [0.15, 0.2) is 30.6 Å². The number of anilines is 3. The average molecular weight is 484 g/mol. The molecule has 2 N–H and O–H groups in total. The summed E-state index contributed by atoms with van der Waals surface area (Å²) in [6.07, 6.45) is 3.70. The zero-order valence-electron chi connectivity index (χ0n) is 20.2. The van der Waals surface area contributed by atoms with E-state index < -0.39 is 0 Å². The molecule has 5 rings (SSSR count). The van der Waals surface area contributed by atoms with E-state index in [1.807, 2.05) is 24.3 Å². The molecule has 2 fully saturated rings. The van der Waals surface area contributed by atoms with E-state index in [0.29, 0.717) is 17.6 Å². The standard InChI is InChI=1S/C25H34ClN7O/c1-16(2)28-12-21(17-4-6-18(26)7-5-17)25(34)33-19-8-9-20(33)14-32(13-19)24-22-23(29-15-30-24)27-10-11-31(22)3/h4-7,15-16,19-21,28H,8-14H2,1-3H3,(H,27,29,30)/t19?,20?,21-/m1/s1. The van der Waals surface area contributed by atoms with Gasteiger partial charge in [0, 0.05) is 62.9 Å². The van der Waals surface area contributed by atoms with Crippen molar-refractivity contribution >= 4 is 34.8 Å². The van der Waals surface area contributed by atoms with E-state index in [2.05, 4.69) is 56.2 Å². The number of aromatic nitrogens is 2. The van der Waals surface area contributed by atoms with Gasteiger partial charge in [0.05, 0.1) is 5.92 Å². The second kappa shape index (κ2) is 9.58. The minimum absolute atomic E-state index is 0.188. The van der Waals surface area contributed by atoms with Crippen molar-refractivity contribution in [1.29, 1.82) is 0 Å². The minimum Gasteiger partial charge on any atom is -0.367 e. The van der Waals surface area contributed by atoms with Crippen LogP contribution in [0.4, 0.5) is 17.3 Å². The molecule has 3 atom stereocenters. The van der Waals surface area contributed by atoms with Crippen molar-refractivity contribution in [3.63, 3.8) is 0 Å². The minimum atomic E-state index is -0.226. The molecule has 2 saturated heterocycles. The Hall–Kier alpha value is -2.58. The van der Waals surface area contributed by atoms with Gasteiger partial charge in [0.2, 0.25) is 5.91 Å². The van der Waals surface area contributed by atoms with Crippen LogP contribution in [0.2, 0.25) is 5.02 Å². The number of rotatable bonds is 6. The highest BCUT2D eigenvalue weighted by Gasteiger charge is 2.45. The van der Waals surface area contributed by atoms with Crippen LogP contribution < -0.4 is 20.4 Å². The molecule has 1 aromatic carbocycles. The fourth-order valence-corrected chi connectivity index (χ4v) is 5.67. The first-order valence-corrected chi connectivity index (χ1v) is 12.7. The normalized spacial score (nSPS) is 22.6. The number of amides is 1. The molecule has 34 heavy (non-hydrogen) atoms. The number of hydrogen-bond acceptors (Lipinski definition) is 7. The van der Waals surface area contributed by atoms with Crippen LogP contribution in [0.5, 0.6) is 0 Å². The van der Waals surface area contributed by atoms with E-state index in [1.54, 1.807) is 6.33 Å². The Morgan fingerprint density at radius 3 is 2.56 bits per heavy atom. The number of hydrogen-bond donors (Lipinski definition) is 2. The monoisotopic (exact) mass is 483 g/mol. The predicted octanol–water partition coefficient (Wildman–Crippen LogP) is 2.95. The topological polar surface area (TPSA) is 76.6 Å². The third-order valence-corrected chi connectivity index (χ3v) is 7.51. The Kier molecular flexibility index (Phi) is 6.53. The lowest BCUT2D eigenvalue weighted by Gasteiger charge is -2.44. The van der Waals surface area contributed by atoms with Gasteiger partial charge < -0.3 is 25.3 Å². The fourth-order valence-electron chi connectivity index (χ4n) is 5.55. The molecule has 4 heterocycles. The molecular formula is C25H34ClN7O. The number of carbonyl (C=O) groups is 1. The van der Waals surface area contributed by atoms with Gasteiger partial charge in [-0.2, -0.15) is 0 Å². The third-order valence-electron chi connectivity index (χ3n) is 7.26. The largest absolute Gasteiger partial charge is 0.367 e. The van der Waals surface area contributed by atoms with Crippen LogP contribution in [0.1, 0.15) is 38.2 Å². The number of carbonyl (C=O) groups excluding carboxylic acids is 1. The van der Waals surface area contributed by atoms with E-state index in [-0.39, 0.29) is 23.9 Å². The Morgan fingerprint density at radius 1 is 1.18 bits per heavy atom. The maximum atomic E-state index is 14.0. The Bertz CT molecular complexity index is 1020. The first-order chi connectivity index (χ1) is 16.4. The lowest BCUT2D eigenvalue weighted by atomic mass is 9.95. The second-order valence-electron chi connectivity index (χ2n) is 9.95. The fraction of sp³-hybridized carbons (Fsp3) is 0.560. The van der Waals surface area contributed by atoms with Gasteiger partial charge in [-0.1, -0.05) is 37.6 Å².